The van der Waals surface area contributed by atoms with Gasteiger partial charge in [-0.2, -0.15) is 0 Å². The van der Waals surface area contributed by atoms with Gasteiger partial charge in [-0.3, -0.25) is 9.59 Å². The lowest BCUT2D eigenvalue weighted by Gasteiger charge is -2.04. The molecule has 0 radical (unpaired) electrons. The summed E-state index contributed by atoms with van der Waals surface area (Å²) in [6, 6.07) is 14.0. The summed E-state index contributed by atoms with van der Waals surface area (Å²) in [6.45, 7) is 0.149. The van der Waals surface area contributed by atoms with Gasteiger partial charge in [0.05, 0.1) is 17.8 Å². The number of hydrogen-bond donors (Lipinski definition) is 2. The van der Waals surface area contributed by atoms with E-state index in [-0.39, 0.29) is 18.4 Å². The molecule has 3 aromatic rings. The van der Waals surface area contributed by atoms with E-state index in [0.29, 0.717) is 22.4 Å². The van der Waals surface area contributed by atoms with Crippen molar-refractivity contribution in [2.24, 2.45) is 0 Å². The zero-order chi connectivity index (χ0) is 19.1. The SMILES string of the molecule is CNC(=O)c1ccccc1C#CCNC(=O)c1cccc(-n2cnnn2)c1. The smallest absolute Gasteiger partial charge is 0.252 e. The van der Waals surface area contributed by atoms with Crippen LogP contribution in [0.5, 0.6) is 0 Å². The highest BCUT2D eigenvalue weighted by molar-refractivity contribution is 5.96. The molecule has 1 aromatic heterocycles. The second-order valence-corrected chi connectivity index (χ2v) is 5.41. The van der Waals surface area contributed by atoms with Crippen LogP contribution in [0, 0.1) is 11.8 Å². The van der Waals surface area contributed by atoms with Crippen molar-refractivity contribution >= 4 is 11.8 Å². The van der Waals surface area contributed by atoms with Crippen LogP contribution in [-0.2, 0) is 0 Å². The summed E-state index contributed by atoms with van der Waals surface area (Å²) in [7, 11) is 1.57. The summed E-state index contributed by atoms with van der Waals surface area (Å²) in [5, 5.41) is 16.2. The van der Waals surface area contributed by atoms with Crippen molar-refractivity contribution < 1.29 is 9.59 Å². The van der Waals surface area contributed by atoms with E-state index in [1.165, 1.54) is 11.0 Å². The first-order valence-corrected chi connectivity index (χ1v) is 8.10. The molecule has 0 spiro atoms. The number of carbonyl (C=O) groups excluding carboxylic acids is 2. The predicted molar refractivity (Wildman–Crippen MR) is 98.2 cm³/mol. The fourth-order valence-electron chi connectivity index (χ4n) is 2.36. The van der Waals surface area contributed by atoms with Gasteiger partial charge >= 0.3 is 0 Å². The van der Waals surface area contributed by atoms with Crippen molar-refractivity contribution in [1.29, 1.82) is 0 Å². The average molecular weight is 360 g/mol. The highest BCUT2D eigenvalue weighted by Crippen LogP contribution is 2.09. The Morgan fingerprint density at radius 1 is 1.11 bits per heavy atom. The molecule has 0 fully saturated rings. The topological polar surface area (TPSA) is 102 Å². The summed E-state index contributed by atoms with van der Waals surface area (Å²) >= 11 is 0. The van der Waals surface area contributed by atoms with Crippen molar-refractivity contribution in [3.63, 3.8) is 0 Å². The minimum absolute atomic E-state index is 0.149. The lowest BCUT2D eigenvalue weighted by molar-refractivity contribution is 0.0952. The second-order valence-electron chi connectivity index (χ2n) is 5.41. The van der Waals surface area contributed by atoms with Crippen LogP contribution in [0.3, 0.4) is 0 Å². The van der Waals surface area contributed by atoms with E-state index in [9.17, 15) is 9.59 Å². The summed E-state index contributed by atoms with van der Waals surface area (Å²) < 4.78 is 1.46. The molecule has 134 valence electrons. The maximum atomic E-state index is 12.3. The summed E-state index contributed by atoms with van der Waals surface area (Å²) in [4.78, 5) is 24.1. The maximum absolute atomic E-state index is 12.3. The minimum atomic E-state index is -0.265. The molecule has 0 saturated carbocycles. The van der Waals surface area contributed by atoms with Gasteiger partial charge in [-0.05, 0) is 40.8 Å². The van der Waals surface area contributed by atoms with Crippen LogP contribution in [0.25, 0.3) is 5.69 Å². The third-order valence-corrected chi connectivity index (χ3v) is 3.68. The van der Waals surface area contributed by atoms with Crippen LogP contribution in [0.2, 0.25) is 0 Å². The Kier molecular flexibility index (Phi) is 5.54. The molecular formula is C19H16N6O2. The second kappa shape index (κ2) is 8.40. The van der Waals surface area contributed by atoms with Gasteiger partial charge in [-0.1, -0.05) is 30.0 Å². The first-order valence-electron chi connectivity index (χ1n) is 8.10. The number of nitrogens with one attached hydrogen (secondary N) is 2. The third-order valence-electron chi connectivity index (χ3n) is 3.68. The van der Waals surface area contributed by atoms with Gasteiger partial charge in [-0.25, -0.2) is 4.68 Å². The van der Waals surface area contributed by atoms with Gasteiger partial charge in [0.2, 0.25) is 0 Å². The van der Waals surface area contributed by atoms with E-state index in [1.54, 1.807) is 55.6 Å². The van der Waals surface area contributed by atoms with E-state index >= 15 is 0 Å². The standard InChI is InChI=1S/C19H16N6O2/c1-20-19(27)17-10-3-2-6-14(17)8-5-11-21-18(26)15-7-4-9-16(12-15)25-13-22-23-24-25/h2-4,6-7,9-10,12-13H,11H2,1H3,(H,20,27)(H,21,26). The molecule has 0 aliphatic rings. The maximum Gasteiger partial charge on any atom is 0.252 e. The van der Waals surface area contributed by atoms with Crippen molar-refractivity contribution in [1.82, 2.24) is 30.8 Å². The van der Waals surface area contributed by atoms with Crippen LogP contribution in [-0.4, -0.2) is 45.6 Å². The lowest BCUT2D eigenvalue weighted by Crippen LogP contribution is -2.23. The number of rotatable bonds is 4. The Balaban J connectivity index is 1.66. The number of hydrogen-bond acceptors (Lipinski definition) is 5. The molecule has 0 atom stereocenters. The molecule has 0 unspecified atom stereocenters. The normalized spacial score (nSPS) is 9.81. The Hall–Kier alpha value is -3.99. The van der Waals surface area contributed by atoms with Gasteiger partial charge in [0.25, 0.3) is 11.8 Å². The van der Waals surface area contributed by atoms with E-state index < -0.39 is 0 Å². The van der Waals surface area contributed by atoms with Gasteiger partial charge in [0.15, 0.2) is 0 Å². The van der Waals surface area contributed by atoms with E-state index in [0.717, 1.165) is 0 Å². The first kappa shape index (κ1) is 17.8. The zero-order valence-corrected chi connectivity index (χ0v) is 14.5. The Morgan fingerprint density at radius 2 is 1.96 bits per heavy atom. The van der Waals surface area contributed by atoms with E-state index in [1.807, 2.05) is 0 Å². The number of carbonyl (C=O) groups is 2. The average Bonchev–Trinajstić information content (AvgIpc) is 3.26. The molecule has 2 N–H and O–H groups in total. The van der Waals surface area contributed by atoms with Crippen LogP contribution in [0.4, 0.5) is 0 Å². The number of tetrazole rings is 1. The molecule has 1 heterocycles. The predicted octanol–water partition coefficient (Wildman–Crippen LogP) is 0.803. The lowest BCUT2D eigenvalue weighted by atomic mass is 10.1. The van der Waals surface area contributed by atoms with Gasteiger partial charge in [0.1, 0.15) is 6.33 Å². The van der Waals surface area contributed by atoms with Crippen molar-refractivity contribution in [2.75, 3.05) is 13.6 Å². The molecule has 0 bridgehead atoms. The first-order chi connectivity index (χ1) is 13.2. The van der Waals surface area contributed by atoms with Gasteiger partial charge in [0, 0.05) is 18.2 Å². The Bertz CT molecular complexity index is 1020. The molecule has 3 rings (SSSR count). The molecular weight excluding hydrogens is 344 g/mol. The van der Waals surface area contributed by atoms with Gasteiger partial charge in [-0.15, -0.1) is 5.10 Å². The quantitative estimate of drug-likeness (QED) is 0.670. The minimum Gasteiger partial charge on any atom is -0.355 e. The highest BCUT2D eigenvalue weighted by atomic mass is 16.2. The zero-order valence-electron chi connectivity index (χ0n) is 14.5. The monoisotopic (exact) mass is 360 g/mol. The molecule has 0 aliphatic heterocycles. The van der Waals surface area contributed by atoms with Crippen LogP contribution < -0.4 is 10.6 Å². The van der Waals surface area contributed by atoms with E-state index in [2.05, 4.69) is 38.0 Å². The Morgan fingerprint density at radius 3 is 2.74 bits per heavy atom. The van der Waals surface area contributed by atoms with Crippen LogP contribution >= 0.6 is 0 Å². The number of benzene rings is 2. The van der Waals surface area contributed by atoms with Crippen molar-refractivity contribution in [3.05, 3.63) is 71.5 Å². The summed E-state index contributed by atoms with van der Waals surface area (Å²) in [6.07, 6.45) is 1.45. The van der Waals surface area contributed by atoms with Gasteiger partial charge < -0.3 is 10.6 Å². The molecule has 0 aliphatic carbocycles. The summed E-state index contributed by atoms with van der Waals surface area (Å²) in [5.74, 6) is 5.31. The molecule has 0 saturated heterocycles. The molecule has 2 aromatic carbocycles. The molecule has 2 amide bonds. The number of nitrogens with zero attached hydrogens (tertiary/aromatic N) is 4. The largest absolute Gasteiger partial charge is 0.355 e. The third kappa shape index (κ3) is 4.35. The highest BCUT2D eigenvalue weighted by Gasteiger charge is 2.08. The van der Waals surface area contributed by atoms with Crippen molar-refractivity contribution in [2.45, 2.75) is 0 Å². The van der Waals surface area contributed by atoms with Crippen LogP contribution in [0.15, 0.2) is 54.9 Å². The molecule has 27 heavy (non-hydrogen) atoms. The fraction of sp³-hybridized carbons (Fsp3) is 0.105. The fourth-order valence-corrected chi connectivity index (χ4v) is 2.36. The van der Waals surface area contributed by atoms with Crippen molar-refractivity contribution in [3.8, 4) is 17.5 Å². The number of aromatic nitrogens is 4. The molecule has 8 heteroatoms. The number of amides is 2. The van der Waals surface area contributed by atoms with Crippen LogP contribution in [0.1, 0.15) is 26.3 Å². The molecule has 8 nitrogen and oxygen atoms in total. The van der Waals surface area contributed by atoms with E-state index in [4.69, 9.17) is 0 Å². The Labute approximate surface area is 155 Å². The summed E-state index contributed by atoms with van der Waals surface area (Å²) in [5.41, 5.74) is 2.24.